The smallest absolute Gasteiger partial charge is 0.410 e. The van der Waals surface area contributed by atoms with Crippen molar-refractivity contribution in [1.29, 1.82) is 0 Å². The van der Waals surface area contributed by atoms with E-state index in [1.165, 1.54) is 13.2 Å². The summed E-state index contributed by atoms with van der Waals surface area (Å²) in [7, 11) is 1.31. The summed E-state index contributed by atoms with van der Waals surface area (Å²) < 4.78 is 15.9. The Bertz CT molecular complexity index is 624. The monoisotopic (exact) mass is 336 g/mol. The number of methoxy groups -OCH3 is 1. The van der Waals surface area contributed by atoms with E-state index in [1.54, 1.807) is 17.0 Å². The van der Waals surface area contributed by atoms with Gasteiger partial charge in [-0.05, 0) is 39.0 Å². The first-order valence-corrected chi connectivity index (χ1v) is 7.82. The van der Waals surface area contributed by atoms with Crippen molar-refractivity contribution in [2.45, 2.75) is 38.9 Å². The lowest BCUT2D eigenvalue weighted by molar-refractivity contribution is 0.0275. The van der Waals surface area contributed by atoms with Crippen LogP contribution in [0.2, 0.25) is 0 Å². The van der Waals surface area contributed by atoms with Crippen molar-refractivity contribution in [3.05, 3.63) is 23.8 Å². The van der Waals surface area contributed by atoms with E-state index >= 15 is 0 Å². The summed E-state index contributed by atoms with van der Waals surface area (Å²) in [5.74, 6) is 0.0314. The third-order valence-electron chi connectivity index (χ3n) is 3.52. The molecule has 0 spiro atoms. The SMILES string of the molecule is COC(=O)c1ccc(O[C@@H]2CCN(C(=O)OC(C)(C)C)C2)c(N)c1. The molecule has 2 rings (SSSR count). The number of carbonyl (C=O) groups excluding carboxylic acids is 2. The maximum Gasteiger partial charge on any atom is 0.410 e. The number of rotatable bonds is 3. The Morgan fingerprint density at radius 1 is 1.29 bits per heavy atom. The topological polar surface area (TPSA) is 91.1 Å². The van der Waals surface area contributed by atoms with E-state index in [9.17, 15) is 9.59 Å². The molecule has 1 fully saturated rings. The standard InChI is InChI=1S/C17H24N2O5/c1-17(2,3)24-16(21)19-8-7-12(10-19)23-14-6-5-11(9-13(14)18)15(20)22-4/h5-6,9,12H,7-8,10,18H2,1-4H3/t12-/m1/s1. The van der Waals surface area contributed by atoms with Gasteiger partial charge in [0.1, 0.15) is 17.5 Å². The van der Waals surface area contributed by atoms with Crippen molar-refractivity contribution in [1.82, 2.24) is 4.90 Å². The van der Waals surface area contributed by atoms with E-state index in [4.69, 9.17) is 15.2 Å². The fourth-order valence-electron chi connectivity index (χ4n) is 2.40. The highest BCUT2D eigenvalue weighted by molar-refractivity contribution is 5.90. The van der Waals surface area contributed by atoms with Crippen molar-refractivity contribution < 1.29 is 23.8 Å². The molecule has 1 aliphatic heterocycles. The zero-order chi connectivity index (χ0) is 17.9. The van der Waals surface area contributed by atoms with Crippen molar-refractivity contribution in [3.63, 3.8) is 0 Å². The molecule has 0 unspecified atom stereocenters. The first-order valence-electron chi connectivity index (χ1n) is 7.82. The fraction of sp³-hybridized carbons (Fsp3) is 0.529. The largest absolute Gasteiger partial charge is 0.486 e. The molecule has 1 atom stereocenters. The molecule has 0 bridgehead atoms. The zero-order valence-electron chi connectivity index (χ0n) is 14.5. The van der Waals surface area contributed by atoms with Crippen molar-refractivity contribution >= 4 is 17.7 Å². The summed E-state index contributed by atoms with van der Waals surface area (Å²) in [6.45, 7) is 6.50. The van der Waals surface area contributed by atoms with Crippen LogP contribution in [0.3, 0.4) is 0 Å². The highest BCUT2D eigenvalue weighted by Gasteiger charge is 2.31. The number of esters is 1. The first kappa shape index (κ1) is 17.9. The van der Waals surface area contributed by atoms with Gasteiger partial charge >= 0.3 is 12.1 Å². The molecule has 24 heavy (non-hydrogen) atoms. The summed E-state index contributed by atoms with van der Waals surface area (Å²) in [5, 5.41) is 0. The van der Waals surface area contributed by atoms with Gasteiger partial charge in [-0.3, -0.25) is 0 Å². The number of nitrogen functional groups attached to an aromatic ring is 1. The minimum absolute atomic E-state index is 0.163. The van der Waals surface area contributed by atoms with E-state index < -0.39 is 11.6 Å². The number of nitrogens with two attached hydrogens (primary N) is 1. The molecule has 0 aromatic heterocycles. The highest BCUT2D eigenvalue weighted by Crippen LogP contribution is 2.26. The molecule has 1 aliphatic rings. The first-order chi connectivity index (χ1) is 11.2. The molecular weight excluding hydrogens is 312 g/mol. The Balaban J connectivity index is 1.96. The number of amides is 1. The second-order valence-electron chi connectivity index (χ2n) is 6.70. The number of hydrogen-bond acceptors (Lipinski definition) is 6. The normalized spacial score (nSPS) is 17.5. The van der Waals surface area contributed by atoms with Crippen LogP contribution in [0, 0.1) is 0 Å². The van der Waals surface area contributed by atoms with Crippen molar-refractivity contribution in [2.75, 3.05) is 25.9 Å². The van der Waals surface area contributed by atoms with Gasteiger partial charge in [0, 0.05) is 13.0 Å². The van der Waals surface area contributed by atoms with Crippen LogP contribution in [-0.2, 0) is 9.47 Å². The van der Waals surface area contributed by atoms with Gasteiger partial charge in [0.2, 0.25) is 0 Å². The van der Waals surface area contributed by atoms with Crippen LogP contribution in [0.25, 0.3) is 0 Å². The average molecular weight is 336 g/mol. The number of nitrogens with zero attached hydrogens (tertiary/aromatic N) is 1. The van der Waals surface area contributed by atoms with Gasteiger partial charge in [-0.1, -0.05) is 0 Å². The second kappa shape index (κ2) is 6.98. The van der Waals surface area contributed by atoms with Gasteiger partial charge in [-0.2, -0.15) is 0 Å². The molecule has 1 amide bonds. The Hall–Kier alpha value is -2.44. The van der Waals surface area contributed by atoms with Crippen LogP contribution in [0.1, 0.15) is 37.6 Å². The number of likely N-dealkylation sites (tertiary alicyclic amines) is 1. The molecular formula is C17H24N2O5. The molecule has 7 heteroatoms. The molecule has 0 radical (unpaired) electrons. The summed E-state index contributed by atoms with van der Waals surface area (Å²) in [5.41, 5.74) is 6.13. The summed E-state index contributed by atoms with van der Waals surface area (Å²) in [6, 6.07) is 4.75. The minimum Gasteiger partial charge on any atom is -0.486 e. The summed E-state index contributed by atoms with van der Waals surface area (Å²) in [4.78, 5) is 25.1. The van der Waals surface area contributed by atoms with Crippen LogP contribution in [-0.4, -0.2) is 48.9 Å². The summed E-state index contributed by atoms with van der Waals surface area (Å²) in [6.07, 6.45) is 0.184. The molecule has 1 heterocycles. The lowest BCUT2D eigenvalue weighted by Gasteiger charge is -2.24. The predicted molar refractivity (Wildman–Crippen MR) is 89.0 cm³/mol. The van der Waals surface area contributed by atoms with Gasteiger partial charge in [-0.15, -0.1) is 0 Å². The average Bonchev–Trinajstić information content (AvgIpc) is 2.95. The van der Waals surface area contributed by atoms with E-state index in [0.29, 0.717) is 36.5 Å². The third-order valence-corrected chi connectivity index (χ3v) is 3.52. The van der Waals surface area contributed by atoms with Gasteiger partial charge in [0.05, 0.1) is 24.9 Å². The molecule has 1 aromatic carbocycles. The van der Waals surface area contributed by atoms with E-state index in [1.807, 2.05) is 20.8 Å². The number of anilines is 1. The van der Waals surface area contributed by atoms with E-state index in [2.05, 4.69) is 4.74 Å². The maximum atomic E-state index is 12.1. The van der Waals surface area contributed by atoms with Crippen LogP contribution >= 0.6 is 0 Å². The van der Waals surface area contributed by atoms with Gasteiger partial charge < -0.3 is 24.8 Å². The lowest BCUT2D eigenvalue weighted by Crippen LogP contribution is -2.36. The maximum absolute atomic E-state index is 12.1. The molecule has 0 aliphatic carbocycles. The third kappa shape index (κ3) is 4.53. The van der Waals surface area contributed by atoms with Crippen molar-refractivity contribution in [3.8, 4) is 5.75 Å². The minimum atomic E-state index is -0.524. The fourth-order valence-corrected chi connectivity index (χ4v) is 2.40. The molecule has 1 aromatic rings. The van der Waals surface area contributed by atoms with Crippen LogP contribution in [0.4, 0.5) is 10.5 Å². The Labute approximate surface area is 141 Å². The van der Waals surface area contributed by atoms with Gasteiger partial charge in [-0.25, -0.2) is 9.59 Å². The Kier molecular flexibility index (Phi) is 5.21. The Morgan fingerprint density at radius 2 is 2.00 bits per heavy atom. The number of ether oxygens (including phenoxy) is 3. The van der Waals surface area contributed by atoms with Crippen LogP contribution < -0.4 is 10.5 Å². The highest BCUT2D eigenvalue weighted by atomic mass is 16.6. The predicted octanol–water partition coefficient (Wildman–Crippen LogP) is 2.44. The van der Waals surface area contributed by atoms with Crippen LogP contribution in [0.15, 0.2) is 18.2 Å². The van der Waals surface area contributed by atoms with E-state index in [-0.39, 0.29) is 12.2 Å². The number of carbonyl (C=O) groups is 2. The molecule has 132 valence electrons. The van der Waals surface area contributed by atoms with Gasteiger partial charge in [0.25, 0.3) is 0 Å². The lowest BCUT2D eigenvalue weighted by atomic mass is 10.2. The van der Waals surface area contributed by atoms with E-state index in [0.717, 1.165) is 0 Å². The van der Waals surface area contributed by atoms with Crippen LogP contribution in [0.5, 0.6) is 5.75 Å². The quantitative estimate of drug-likeness (QED) is 0.673. The number of benzene rings is 1. The second-order valence-corrected chi connectivity index (χ2v) is 6.70. The zero-order valence-corrected chi connectivity index (χ0v) is 14.5. The molecule has 1 saturated heterocycles. The Morgan fingerprint density at radius 3 is 2.58 bits per heavy atom. The number of hydrogen-bond donors (Lipinski definition) is 1. The molecule has 2 N–H and O–H groups in total. The summed E-state index contributed by atoms with van der Waals surface area (Å²) >= 11 is 0. The van der Waals surface area contributed by atoms with Gasteiger partial charge in [0.15, 0.2) is 0 Å². The van der Waals surface area contributed by atoms with Crippen molar-refractivity contribution in [2.24, 2.45) is 0 Å². The molecule has 7 nitrogen and oxygen atoms in total. The molecule has 0 saturated carbocycles.